The van der Waals surface area contributed by atoms with Crippen molar-refractivity contribution in [3.05, 3.63) is 45.9 Å². The standard InChI is InChI=1S/C22H29N3O4S/c1-29-16-21(26)25-11-6-4-2-3-5-10-24(15-20-23-9-12-30-20)14-18-13-17(22(27)28)7-8-19(18)25/h7-9,12-13H,2-6,10-11,14-16H2,1H3,(H,27,28). The molecule has 0 fully saturated rings. The van der Waals surface area contributed by atoms with Gasteiger partial charge in [0.05, 0.1) is 12.1 Å². The van der Waals surface area contributed by atoms with Gasteiger partial charge in [-0.05, 0) is 43.1 Å². The molecular weight excluding hydrogens is 402 g/mol. The predicted octanol–water partition coefficient (Wildman–Crippen LogP) is 3.79. The molecule has 0 saturated carbocycles. The number of ether oxygens (including phenoxy) is 1. The molecule has 0 bridgehead atoms. The maximum Gasteiger partial charge on any atom is 0.335 e. The Morgan fingerprint density at radius 1 is 1.17 bits per heavy atom. The van der Waals surface area contributed by atoms with E-state index in [9.17, 15) is 14.7 Å². The fraction of sp³-hybridized carbons (Fsp3) is 0.500. The van der Waals surface area contributed by atoms with Gasteiger partial charge in [-0.15, -0.1) is 11.3 Å². The van der Waals surface area contributed by atoms with Crippen molar-refractivity contribution in [3.8, 4) is 0 Å². The fourth-order valence-corrected chi connectivity index (χ4v) is 4.46. The average molecular weight is 432 g/mol. The Labute approximate surface area is 181 Å². The van der Waals surface area contributed by atoms with E-state index in [0.29, 0.717) is 19.6 Å². The van der Waals surface area contributed by atoms with Crippen molar-refractivity contribution in [1.29, 1.82) is 0 Å². The Bertz CT molecular complexity index is 841. The third-order valence-electron chi connectivity index (χ3n) is 5.28. The summed E-state index contributed by atoms with van der Waals surface area (Å²) in [6, 6.07) is 5.04. The number of hydrogen-bond donors (Lipinski definition) is 1. The molecular formula is C22H29N3O4S. The lowest BCUT2D eigenvalue weighted by Gasteiger charge is -2.29. The predicted molar refractivity (Wildman–Crippen MR) is 117 cm³/mol. The van der Waals surface area contributed by atoms with Gasteiger partial charge >= 0.3 is 5.97 Å². The number of benzene rings is 1. The zero-order chi connectivity index (χ0) is 21.3. The van der Waals surface area contributed by atoms with Gasteiger partial charge in [0.1, 0.15) is 11.6 Å². The molecule has 0 unspecified atom stereocenters. The lowest BCUT2D eigenvalue weighted by molar-refractivity contribution is -0.122. The van der Waals surface area contributed by atoms with Crippen LogP contribution in [0.5, 0.6) is 0 Å². The molecule has 2 heterocycles. The highest BCUT2D eigenvalue weighted by atomic mass is 32.1. The minimum atomic E-state index is -0.967. The van der Waals surface area contributed by atoms with Crippen molar-refractivity contribution in [2.24, 2.45) is 0 Å². The Hall–Kier alpha value is -2.29. The van der Waals surface area contributed by atoms with Gasteiger partial charge in [0.2, 0.25) is 0 Å². The lowest BCUT2D eigenvalue weighted by Crippen LogP contribution is -2.36. The number of methoxy groups -OCH3 is 1. The second kappa shape index (κ2) is 11.2. The minimum absolute atomic E-state index is 0.00293. The molecule has 8 heteroatoms. The Balaban J connectivity index is 1.97. The van der Waals surface area contributed by atoms with Gasteiger partial charge in [-0.25, -0.2) is 9.78 Å². The quantitative estimate of drug-likeness (QED) is 0.776. The van der Waals surface area contributed by atoms with E-state index in [0.717, 1.165) is 54.9 Å². The van der Waals surface area contributed by atoms with Crippen LogP contribution in [0.1, 0.15) is 53.0 Å². The number of nitrogens with zero attached hydrogens (tertiary/aromatic N) is 3. The number of carbonyl (C=O) groups excluding carboxylic acids is 1. The highest BCUT2D eigenvalue weighted by Gasteiger charge is 2.22. The first-order valence-corrected chi connectivity index (χ1v) is 11.2. The molecule has 2 aromatic rings. The Morgan fingerprint density at radius 2 is 1.93 bits per heavy atom. The van der Waals surface area contributed by atoms with Crippen molar-refractivity contribution in [3.63, 3.8) is 0 Å². The highest BCUT2D eigenvalue weighted by molar-refractivity contribution is 7.09. The highest BCUT2D eigenvalue weighted by Crippen LogP contribution is 2.27. The van der Waals surface area contributed by atoms with E-state index < -0.39 is 5.97 Å². The number of carboxylic acids is 1. The van der Waals surface area contributed by atoms with Gasteiger partial charge in [-0.3, -0.25) is 9.69 Å². The molecule has 1 aliphatic heterocycles. The smallest absolute Gasteiger partial charge is 0.335 e. The monoisotopic (exact) mass is 431 g/mol. The topological polar surface area (TPSA) is 83.0 Å². The summed E-state index contributed by atoms with van der Waals surface area (Å²) < 4.78 is 5.10. The first-order valence-electron chi connectivity index (χ1n) is 10.3. The molecule has 1 aromatic heterocycles. The molecule has 0 spiro atoms. The minimum Gasteiger partial charge on any atom is -0.478 e. The number of amides is 1. The zero-order valence-corrected chi connectivity index (χ0v) is 18.2. The summed E-state index contributed by atoms with van der Waals surface area (Å²) in [5.74, 6) is -1.07. The van der Waals surface area contributed by atoms with E-state index in [1.165, 1.54) is 7.11 Å². The molecule has 1 amide bonds. The number of hydrogen-bond acceptors (Lipinski definition) is 6. The number of aromatic carboxylic acids is 1. The summed E-state index contributed by atoms with van der Waals surface area (Å²) in [7, 11) is 1.51. The van der Waals surface area contributed by atoms with Crippen LogP contribution in [0.4, 0.5) is 5.69 Å². The molecule has 1 aromatic carbocycles. The SMILES string of the molecule is COCC(=O)N1CCCCCCCN(Cc2nccs2)Cc2cc(C(=O)O)ccc21. The molecule has 0 radical (unpaired) electrons. The Kier molecular flexibility index (Phi) is 8.36. The van der Waals surface area contributed by atoms with Crippen LogP contribution in [0.2, 0.25) is 0 Å². The van der Waals surface area contributed by atoms with Crippen LogP contribution in [-0.4, -0.2) is 53.7 Å². The van der Waals surface area contributed by atoms with Crippen molar-refractivity contribution >= 4 is 28.9 Å². The molecule has 3 rings (SSSR count). The molecule has 30 heavy (non-hydrogen) atoms. The summed E-state index contributed by atoms with van der Waals surface area (Å²) in [5, 5.41) is 12.5. The van der Waals surface area contributed by atoms with Gasteiger partial charge in [0, 0.05) is 37.5 Å². The summed E-state index contributed by atoms with van der Waals surface area (Å²) in [5.41, 5.74) is 1.84. The number of aromatic nitrogens is 1. The summed E-state index contributed by atoms with van der Waals surface area (Å²) in [6.45, 7) is 2.78. The maximum absolute atomic E-state index is 12.8. The van der Waals surface area contributed by atoms with Crippen molar-refractivity contribution in [2.45, 2.75) is 45.2 Å². The molecule has 0 saturated heterocycles. The van der Waals surface area contributed by atoms with Crippen molar-refractivity contribution in [2.75, 3.05) is 31.7 Å². The number of carboxylic acid groups (broad SMARTS) is 1. The van der Waals surface area contributed by atoms with E-state index in [4.69, 9.17) is 4.74 Å². The number of carbonyl (C=O) groups is 2. The van der Waals surface area contributed by atoms with Gasteiger partial charge < -0.3 is 14.7 Å². The second-order valence-corrected chi connectivity index (χ2v) is 8.51. The molecule has 1 aliphatic rings. The first-order chi connectivity index (χ1) is 14.6. The van der Waals surface area contributed by atoms with Crippen LogP contribution < -0.4 is 4.90 Å². The molecule has 0 aliphatic carbocycles. The number of anilines is 1. The van der Waals surface area contributed by atoms with Gasteiger partial charge in [-0.2, -0.15) is 0 Å². The van der Waals surface area contributed by atoms with Crippen LogP contribution in [0.15, 0.2) is 29.8 Å². The van der Waals surface area contributed by atoms with Crippen molar-refractivity contribution < 1.29 is 19.4 Å². The number of fused-ring (bicyclic) bond motifs is 1. The van der Waals surface area contributed by atoms with Gasteiger partial charge in [-0.1, -0.05) is 19.3 Å². The average Bonchev–Trinajstić information content (AvgIpc) is 3.22. The van der Waals surface area contributed by atoms with Crippen LogP contribution in [0, 0.1) is 0 Å². The molecule has 7 nitrogen and oxygen atoms in total. The second-order valence-electron chi connectivity index (χ2n) is 7.53. The van der Waals surface area contributed by atoms with Crippen LogP contribution in [0.3, 0.4) is 0 Å². The lowest BCUT2D eigenvalue weighted by atomic mass is 10.0. The van der Waals surface area contributed by atoms with Gasteiger partial charge in [0.25, 0.3) is 5.91 Å². The first kappa shape index (κ1) is 22.4. The van der Waals surface area contributed by atoms with E-state index in [1.54, 1.807) is 40.6 Å². The van der Waals surface area contributed by atoms with E-state index in [2.05, 4.69) is 9.88 Å². The third-order valence-corrected chi connectivity index (χ3v) is 6.04. The van der Waals surface area contributed by atoms with Crippen LogP contribution >= 0.6 is 11.3 Å². The van der Waals surface area contributed by atoms with Crippen LogP contribution in [-0.2, 0) is 22.6 Å². The molecule has 1 N–H and O–H groups in total. The third kappa shape index (κ3) is 6.10. The van der Waals surface area contributed by atoms with E-state index in [-0.39, 0.29) is 18.1 Å². The largest absolute Gasteiger partial charge is 0.478 e. The van der Waals surface area contributed by atoms with E-state index in [1.807, 2.05) is 5.38 Å². The maximum atomic E-state index is 12.8. The van der Waals surface area contributed by atoms with Crippen LogP contribution in [0.25, 0.3) is 0 Å². The Morgan fingerprint density at radius 3 is 2.63 bits per heavy atom. The van der Waals surface area contributed by atoms with E-state index >= 15 is 0 Å². The summed E-state index contributed by atoms with van der Waals surface area (Å²) >= 11 is 1.62. The molecule has 0 atom stereocenters. The molecule has 162 valence electrons. The van der Waals surface area contributed by atoms with Crippen molar-refractivity contribution in [1.82, 2.24) is 9.88 Å². The normalized spacial score (nSPS) is 16.4. The fourth-order valence-electron chi connectivity index (χ4n) is 3.80. The summed E-state index contributed by atoms with van der Waals surface area (Å²) in [6.07, 6.45) is 7.15. The zero-order valence-electron chi connectivity index (χ0n) is 17.4. The summed E-state index contributed by atoms with van der Waals surface area (Å²) in [4.78, 5) is 32.9. The van der Waals surface area contributed by atoms with Gasteiger partial charge in [0.15, 0.2) is 0 Å². The number of thiazole rings is 1. The number of rotatable bonds is 5.